The van der Waals surface area contributed by atoms with E-state index >= 15 is 0 Å². The number of nitrogens with one attached hydrogen (secondary N) is 1. The SMILES string of the molecule is CC(NC(=O)c1cccc(Cl)c1)c1nc(-c2ccc(C(C)(C)C)cc2)no1. The lowest BCUT2D eigenvalue weighted by Gasteiger charge is -2.18. The fraction of sp³-hybridized carbons (Fsp3) is 0.286. The summed E-state index contributed by atoms with van der Waals surface area (Å²) >= 11 is 5.93. The smallest absolute Gasteiger partial charge is 0.251 e. The summed E-state index contributed by atoms with van der Waals surface area (Å²) in [6, 6.07) is 14.4. The average molecular weight is 384 g/mol. The summed E-state index contributed by atoms with van der Waals surface area (Å²) in [5, 5.41) is 7.38. The average Bonchev–Trinajstić information content (AvgIpc) is 3.11. The van der Waals surface area contributed by atoms with Crippen LogP contribution in [0.3, 0.4) is 0 Å². The van der Waals surface area contributed by atoms with E-state index in [1.54, 1.807) is 31.2 Å². The molecule has 2 aromatic carbocycles. The highest BCUT2D eigenvalue weighted by molar-refractivity contribution is 6.30. The molecule has 0 radical (unpaired) electrons. The Hall–Kier alpha value is -2.66. The molecule has 1 unspecified atom stereocenters. The number of nitrogens with zero attached hydrogens (tertiary/aromatic N) is 2. The van der Waals surface area contributed by atoms with Crippen molar-refractivity contribution in [1.29, 1.82) is 0 Å². The Morgan fingerprint density at radius 2 is 1.85 bits per heavy atom. The lowest BCUT2D eigenvalue weighted by atomic mass is 9.87. The Morgan fingerprint density at radius 1 is 1.15 bits per heavy atom. The second kappa shape index (κ2) is 7.53. The Labute approximate surface area is 163 Å². The Kier molecular flexibility index (Phi) is 5.33. The molecule has 0 fully saturated rings. The summed E-state index contributed by atoms with van der Waals surface area (Å²) in [6.07, 6.45) is 0. The van der Waals surface area contributed by atoms with Crippen LogP contribution in [0.5, 0.6) is 0 Å². The summed E-state index contributed by atoms with van der Waals surface area (Å²) in [5.74, 6) is 0.592. The molecule has 3 rings (SSSR count). The number of carbonyl (C=O) groups is 1. The molecule has 0 aliphatic carbocycles. The van der Waals surface area contributed by atoms with Crippen molar-refractivity contribution in [1.82, 2.24) is 15.5 Å². The van der Waals surface area contributed by atoms with Crippen molar-refractivity contribution in [3.8, 4) is 11.4 Å². The van der Waals surface area contributed by atoms with E-state index in [9.17, 15) is 4.79 Å². The summed E-state index contributed by atoms with van der Waals surface area (Å²) in [5.41, 5.74) is 2.66. The lowest BCUT2D eigenvalue weighted by Crippen LogP contribution is -2.26. The number of aromatic nitrogens is 2. The van der Waals surface area contributed by atoms with E-state index in [0.29, 0.717) is 22.3 Å². The van der Waals surface area contributed by atoms with Crippen LogP contribution in [-0.2, 0) is 5.41 Å². The van der Waals surface area contributed by atoms with Gasteiger partial charge in [-0.05, 0) is 36.1 Å². The van der Waals surface area contributed by atoms with E-state index < -0.39 is 6.04 Å². The van der Waals surface area contributed by atoms with Gasteiger partial charge in [0.25, 0.3) is 5.91 Å². The molecule has 0 saturated heterocycles. The van der Waals surface area contributed by atoms with Crippen LogP contribution in [-0.4, -0.2) is 16.0 Å². The Balaban J connectivity index is 1.72. The molecule has 140 valence electrons. The monoisotopic (exact) mass is 383 g/mol. The first-order valence-corrected chi connectivity index (χ1v) is 9.13. The van der Waals surface area contributed by atoms with Crippen molar-refractivity contribution in [2.75, 3.05) is 0 Å². The minimum Gasteiger partial charge on any atom is -0.341 e. The summed E-state index contributed by atoms with van der Waals surface area (Å²) in [7, 11) is 0. The zero-order chi connectivity index (χ0) is 19.6. The molecular weight excluding hydrogens is 362 g/mol. The molecule has 1 amide bonds. The third-order valence-electron chi connectivity index (χ3n) is 4.26. The quantitative estimate of drug-likeness (QED) is 0.674. The van der Waals surface area contributed by atoms with Gasteiger partial charge in [0.15, 0.2) is 0 Å². The summed E-state index contributed by atoms with van der Waals surface area (Å²) in [6.45, 7) is 8.29. The van der Waals surface area contributed by atoms with E-state index in [-0.39, 0.29) is 11.3 Å². The van der Waals surface area contributed by atoms with Gasteiger partial charge in [0.1, 0.15) is 6.04 Å². The third-order valence-corrected chi connectivity index (χ3v) is 4.49. The molecule has 0 aliphatic heterocycles. The lowest BCUT2D eigenvalue weighted by molar-refractivity contribution is 0.0932. The number of halogens is 1. The van der Waals surface area contributed by atoms with Crippen LogP contribution in [0.4, 0.5) is 0 Å². The summed E-state index contributed by atoms with van der Waals surface area (Å²) in [4.78, 5) is 16.7. The molecule has 5 nitrogen and oxygen atoms in total. The van der Waals surface area contributed by atoms with Crippen LogP contribution in [0.1, 0.15) is 55.5 Å². The maximum absolute atomic E-state index is 12.3. The van der Waals surface area contributed by atoms with Gasteiger partial charge >= 0.3 is 0 Å². The standard InChI is InChI=1S/C21H22ClN3O2/c1-13(23-19(26)15-6-5-7-17(22)12-15)20-24-18(25-27-20)14-8-10-16(11-9-14)21(2,3)4/h5-13H,1-4H3,(H,23,26). The van der Waals surface area contributed by atoms with Crippen LogP contribution < -0.4 is 5.32 Å². The second-order valence-electron chi connectivity index (χ2n) is 7.49. The molecule has 1 N–H and O–H groups in total. The van der Waals surface area contributed by atoms with E-state index in [1.165, 1.54) is 5.56 Å². The van der Waals surface area contributed by atoms with E-state index in [0.717, 1.165) is 5.56 Å². The van der Waals surface area contributed by atoms with Gasteiger partial charge in [-0.3, -0.25) is 4.79 Å². The van der Waals surface area contributed by atoms with Crippen LogP contribution in [0.2, 0.25) is 5.02 Å². The van der Waals surface area contributed by atoms with Crippen LogP contribution in [0.15, 0.2) is 53.1 Å². The first kappa shape index (κ1) is 19.1. The maximum atomic E-state index is 12.3. The third kappa shape index (κ3) is 4.55. The zero-order valence-electron chi connectivity index (χ0n) is 15.8. The molecule has 0 saturated carbocycles. The Bertz CT molecular complexity index is 943. The largest absolute Gasteiger partial charge is 0.341 e. The minimum atomic E-state index is -0.424. The molecule has 1 heterocycles. The fourth-order valence-corrected chi connectivity index (χ4v) is 2.81. The van der Waals surface area contributed by atoms with Gasteiger partial charge in [-0.2, -0.15) is 4.98 Å². The number of rotatable bonds is 4. The number of benzene rings is 2. The molecule has 6 heteroatoms. The highest BCUT2D eigenvalue weighted by atomic mass is 35.5. The molecule has 1 atom stereocenters. The number of hydrogen-bond acceptors (Lipinski definition) is 4. The molecule has 0 aliphatic rings. The molecular formula is C21H22ClN3O2. The van der Waals surface area contributed by atoms with Crippen LogP contribution in [0, 0.1) is 0 Å². The highest BCUT2D eigenvalue weighted by Gasteiger charge is 2.19. The van der Waals surface area contributed by atoms with Crippen molar-refractivity contribution in [2.24, 2.45) is 0 Å². The van der Waals surface area contributed by atoms with Crippen molar-refractivity contribution >= 4 is 17.5 Å². The van der Waals surface area contributed by atoms with Crippen molar-refractivity contribution in [2.45, 2.75) is 39.2 Å². The van der Waals surface area contributed by atoms with Gasteiger partial charge in [-0.15, -0.1) is 0 Å². The first-order chi connectivity index (χ1) is 12.7. The van der Waals surface area contributed by atoms with E-state index in [2.05, 4.69) is 48.4 Å². The molecule has 3 aromatic rings. The first-order valence-electron chi connectivity index (χ1n) is 8.75. The minimum absolute atomic E-state index is 0.0834. The molecule has 0 spiro atoms. The van der Waals surface area contributed by atoms with Crippen molar-refractivity contribution < 1.29 is 9.32 Å². The van der Waals surface area contributed by atoms with Gasteiger partial charge in [0, 0.05) is 16.1 Å². The Morgan fingerprint density at radius 3 is 2.48 bits per heavy atom. The van der Waals surface area contributed by atoms with Gasteiger partial charge in [0.2, 0.25) is 11.7 Å². The number of amides is 1. The normalized spacial score (nSPS) is 12.6. The number of hydrogen-bond donors (Lipinski definition) is 1. The topological polar surface area (TPSA) is 68.0 Å². The molecule has 27 heavy (non-hydrogen) atoms. The van der Waals surface area contributed by atoms with Gasteiger partial charge < -0.3 is 9.84 Å². The summed E-state index contributed by atoms with van der Waals surface area (Å²) < 4.78 is 5.34. The predicted octanol–water partition coefficient (Wildman–Crippen LogP) is 5.18. The van der Waals surface area contributed by atoms with Crippen LogP contribution >= 0.6 is 11.6 Å². The van der Waals surface area contributed by atoms with Crippen molar-refractivity contribution in [3.05, 3.63) is 70.6 Å². The molecule has 1 aromatic heterocycles. The highest BCUT2D eigenvalue weighted by Crippen LogP contribution is 2.25. The van der Waals surface area contributed by atoms with Gasteiger partial charge in [-0.1, -0.05) is 67.9 Å². The maximum Gasteiger partial charge on any atom is 0.251 e. The number of carbonyl (C=O) groups excluding carboxylic acids is 1. The fourth-order valence-electron chi connectivity index (χ4n) is 2.62. The van der Waals surface area contributed by atoms with E-state index in [4.69, 9.17) is 16.1 Å². The van der Waals surface area contributed by atoms with Crippen molar-refractivity contribution in [3.63, 3.8) is 0 Å². The van der Waals surface area contributed by atoms with Crippen LogP contribution in [0.25, 0.3) is 11.4 Å². The van der Waals surface area contributed by atoms with E-state index in [1.807, 2.05) is 12.1 Å². The van der Waals surface area contributed by atoms with Gasteiger partial charge in [-0.25, -0.2) is 0 Å². The zero-order valence-corrected chi connectivity index (χ0v) is 16.5. The second-order valence-corrected chi connectivity index (χ2v) is 7.93. The predicted molar refractivity (Wildman–Crippen MR) is 106 cm³/mol. The van der Waals surface area contributed by atoms with Gasteiger partial charge in [0.05, 0.1) is 0 Å². The molecule has 0 bridgehead atoms.